The van der Waals surface area contributed by atoms with E-state index in [4.69, 9.17) is 4.74 Å². The van der Waals surface area contributed by atoms with Crippen molar-refractivity contribution in [2.75, 3.05) is 6.61 Å². The van der Waals surface area contributed by atoms with Gasteiger partial charge in [-0.1, -0.05) is 58.4 Å². The van der Waals surface area contributed by atoms with Gasteiger partial charge in [0.2, 0.25) is 0 Å². The summed E-state index contributed by atoms with van der Waals surface area (Å²) in [6.07, 6.45) is 8.61. The molecule has 0 bridgehead atoms. The van der Waals surface area contributed by atoms with E-state index in [9.17, 15) is 8.78 Å². The number of aromatic nitrogens is 1. The molecule has 1 aromatic heterocycles. The fourth-order valence-corrected chi connectivity index (χ4v) is 3.31. The Morgan fingerprint density at radius 3 is 2.21 bits per heavy atom. The average Bonchev–Trinajstić information content (AvgIpc) is 2.75. The third-order valence-electron chi connectivity index (χ3n) is 5.16. The van der Waals surface area contributed by atoms with Gasteiger partial charge in [0.25, 0.3) is 0 Å². The van der Waals surface area contributed by atoms with E-state index in [0.29, 0.717) is 12.2 Å². The molecule has 0 fully saturated rings. The van der Waals surface area contributed by atoms with Crippen molar-refractivity contribution >= 4 is 0 Å². The van der Waals surface area contributed by atoms with E-state index in [0.717, 1.165) is 17.7 Å². The van der Waals surface area contributed by atoms with Crippen molar-refractivity contribution in [1.82, 2.24) is 4.98 Å². The Hall–Kier alpha value is -1.97. The van der Waals surface area contributed by atoms with Gasteiger partial charge in [-0.2, -0.15) is 0 Å². The van der Waals surface area contributed by atoms with Gasteiger partial charge in [0.15, 0.2) is 6.17 Å². The molecule has 4 heteroatoms. The van der Waals surface area contributed by atoms with Gasteiger partial charge in [0.1, 0.15) is 18.5 Å². The Bertz CT molecular complexity index is 672. The van der Waals surface area contributed by atoms with Crippen molar-refractivity contribution in [2.45, 2.75) is 84.0 Å². The molecule has 0 aliphatic carbocycles. The summed E-state index contributed by atoms with van der Waals surface area (Å²) >= 11 is 0. The Labute approximate surface area is 174 Å². The second-order valence-corrected chi connectivity index (χ2v) is 7.73. The predicted molar refractivity (Wildman–Crippen MR) is 117 cm³/mol. The summed E-state index contributed by atoms with van der Waals surface area (Å²) in [7, 11) is 0. The molecule has 2 aromatic rings. The summed E-state index contributed by atoms with van der Waals surface area (Å²) in [5.41, 5.74) is 3.15. The number of hydrogen-bond acceptors (Lipinski definition) is 2. The maximum atomic E-state index is 13.7. The van der Waals surface area contributed by atoms with Crippen molar-refractivity contribution in [3.63, 3.8) is 0 Å². The predicted octanol–water partition coefficient (Wildman–Crippen LogP) is 7.51. The zero-order valence-electron chi connectivity index (χ0n) is 17.9. The highest BCUT2D eigenvalue weighted by Gasteiger charge is 2.20. The molecule has 1 heterocycles. The Morgan fingerprint density at radius 2 is 1.55 bits per heavy atom. The van der Waals surface area contributed by atoms with Crippen LogP contribution in [0.25, 0.3) is 11.3 Å². The van der Waals surface area contributed by atoms with Crippen LogP contribution in [0.2, 0.25) is 0 Å². The van der Waals surface area contributed by atoms with Gasteiger partial charge < -0.3 is 4.74 Å². The number of rotatable bonds is 14. The molecule has 2 nitrogen and oxygen atoms in total. The van der Waals surface area contributed by atoms with Crippen LogP contribution >= 0.6 is 0 Å². The maximum absolute atomic E-state index is 13.7. The number of benzene rings is 1. The number of alkyl halides is 2. The number of pyridine rings is 1. The molecule has 2 rings (SSSR count). The van der Waals surface area contributed by atoms with Crippen LogP contribution in [-0.4, -0.2) is 23.9 Å². The Balaban J connectivity index is 1.79. The summed E-state index contributed by atoms with van der Waals surface area (Å²) in [4.78, 5) is 4.57. The maximum Gasteiger partial charge on any atom is 0.165 e. The van der Waals surface area contributed by atoms with Crippen LogP contribution in [0.1, 0.15) is 70.8 Å². The number of unbranched alkanes of at least 4 members (excludes halogenated alkanes) is 5. The van der Waals surface area contributed by atoms with Gasteiger partial charge in [0, 0.05) is 11.8 Å². The quantitative estimate of drug-likeness (QED) is 0.305. The van der Waals surface area contributed by atoms with Crippen LogP contribution in [0, 0.1) is 0 Å². The lowest BCUT2D eigenvalue weighted by Gasteiger charge is -2.14. The minimum absolute atomic E-state index is 0.226. The van der Waals surface area contributed by atoms with Gasteiger partial charge >= 0.3 is 0 Å². The van der Waals surface area contributed by atoms with Crippen molar-refractivity contribution in [1.29, 1.82) is 0 Å². The average molecular weight is 404 g/mol. The lowest BCUT2D eigenvalue weighted by molar-refractivity contribution is 0.103. The van der Waals surface area contributed by atoms with E-state index in [1.807, 2.05) is 31.3 Å². The monoisotopic (exact) mass is 403 g/mol. The summed E-state index contributed by atoms with van der Waals surface area (Å²) in [5, 5.41) is 0. The van der Waals surface area contributed by atoms with E-state index in [-0.39, 0.29) is 13.0 Å². The number of ether oxygens (including phenoxy) is 1. The van der Waals surface area contributed by atoms with Gasteiger partial charge in [-0.3, -0.25) is 4.98 Å². The summed E-state index contributed by atoms with van der Waals surface area (Å²) in [6, 6.07) is 11.5. The van der Waals surface area contributed by atoms with Crippen LogP contribution in [0.4, 0.5) is 8.78 Å². The fraction of sp³-hybridized carbons (Fsp3) is 0.560. The van der Waals surface area contributed by atoms with Crippen molar-refractivity contribution in [3.05, 3.63) is 48.2 Å². The van der Waals surface area contributed by atoms with Crippen molar-refractivity contribution in [2.24, 2.45) is 0 Å². The topological polar surface area (TPSA) is 22.1 Å². The third-order valence-corrected chi connectivity index (χ3v) is 5.16. The van der Waals surface area contributed by atoms with Crippen LogP contribution < -0.4 is 4.74 Å². The Morgan fingerprint density at radius 1 is 0.828 bits per heavy atom. The summed E-state index contributed by atoms with van der Waals surface area (Å²) in [5.74, 6) is 0.541. The van der Waals surface area contributed by atoms with E-state index in [2.05, 4.69) is 18.0 Å². The number of aryl methyl sites for hydroxylation is 1. The molecule has 0 amide bonds. The van der Waals surface area contributed by atoms with Crippen molar-refractivity contribution in [3.8, 4) is 17.0 Å². The molecule has 0 radical (unpaired) electrons. The number of halogens is 2. The number of hydrogen-bond donors (Lipinski definition) is 0. The smallest absolute Gasteiger partial charge is 0.165 e. The first-order valence-corrected chi connectivity index (χ1v) is 11.1. The largest absolute Gasteiger partial charge is 0.490 e. The zero-order valence-corrected chi connectivity index (χ0v) is 17.9. The summed E-state index contributed by atoms with van der Waals surface area (Å²) < 4.78 is 32.6. The van der Waals surface area contributed by atoms with E-state index >= 15 is 0 Å². The standard InChI is InChI=1S/C25H35F2NO/c1-3-5-6-7-8-9-11-20-12-17-25(28-18-20)21-13-15-22(16-14-21)29-19-24(27)23(26)10-4-2/h12-18,23-24H,3-11,19H2,1-2H3/t23-,24-/m1/s1. The first kappa shape index (κ1) is 23.3. The summed E-state index contributed by atoms with van der Waals surface area (Å²) in [6.45, 7) is 3.82. The normalized spacial score (nSPS) is 13.2. The van der Waals surface area contributed by atoms with Gasteiger partial charge in [-0.15, -0.1) is 0 Å². The first-order chi connectivity index (χ1) is 14.1. The third kappa shape index (κ3) is 8.51. The fourth-order valence-electron chi connectivity index (χ4n) is 3.31. The molecule has 160 valence electrons. The zero-order chi connectivity index (χ0) is 20.9. The Kier molecular flexibility index (Phi) is 10.7. The lowest BCUT2D eigenvalue weighted by atomic mass is 10.1. The molecule has 0 saturated heterocycles. The molecule has 0 aliphatic rings. The van der Waals surface area contributed by atoms with Gasteiger partial charge in [-0.25, -0.2) is 8.78 Å². The van der Waals surface area contributed by atoms with Crippen molar-refractivity contribution < 1.29 is 13.5 Å². The number of nitrogens with zero attached hydrogens (tertiary/aromatic N) is 1. The van der Waals surface area contributed by atoms with Gasteiger partial charge in [-0.05, 0) is 55.2 Å². The van der Waals surface area contributed by atoms with Gasteiger partial charge in [0.05, 0.1) is 5.69 Å². The molecule has 0 spiro atoms. The van der Waals surface area contributed by atoms with E-state index < -0.39 is 12.3 Å². The first-order valence-electron chi connectivity index (χ1n) is 11.1. The second kappa shape index (κ2) is 13.3. The molecule has 1 aromatic carbocycles. The lowest BCUT2D eigenvalue weighted by Crippen LogP contribution is -2.24. The minimum Gasteiger partial charge on any atom is -0.490 e. The van der Waals surface area contributed by atoms with Crippen LogP contribution in [0.15, 0.2) is 42.6 Å². The molecular formula is C25H35F2NO. The van der Waals surface area contributed by atoms with Crippen LogP contribution in [0.5, 0.6) is 5.75 Å². The van der Waals surface area contributed by atoms with E-state index in [1.165, 1.54) is 44.1 Å². The second-order valence-electron chi connectivity index (χ2n) is 7.73. The molecule has 0 N–H and O–H groups in total. The molecule has 0 saturated carbocycles. The molecule has 2 atom stereocenters. The highest BCUT2D eigenvalue weighted by atomic mass is 19.2. The highest BCUT2D eigenvalue weighted by Crippen LogP contribution is 2.22. The van der Waals surface area contributed by atoms with Crippen LogP contribution in [0.3, 0.4) is 0 Å². The van der Waals surface area contributed by atoms with E-state index in [1.54, 1.807) is 12.1 Å². The van der Waals surface area contributed by atoms with Crippen LogP contribution in [-0.2, 0) is 6.42 Å². The molecule has 0 aliphatic heterocycles. The highest BCUT2D eigenvalue weighted by molar-refractivity contribution is 5.60. The minimum atomic E-state index is -1.59. The molecule has 29 heavy (non-hydrogen) atoms. The SMILES string of the molecule is CCCCCCCCc1ccc(-c2ccc(OC[C@@H](F)[C@H](F)CCC)cc2)nc1. The molecular weight excluding hydrogens is 368 g/mol. The molecule has 0 unspecified atom stereocenters.